The summed E-state index contributed by atoms with van der Waals surface area (Å²) in [4.78, 5) is 13.2. The van der Waals surface area contributed by atoms with Crippen LogP contribution < -0.4 is 5.73 Å². The second kappa shape index (κ2) is 5.80. The van der Waals surface area contributed by atoms with E-state index in [1.165, 1.54) is 16.8 Å². The Morgan fingerprint density at radius 1 is 1.04 bits per heavy atom. The first kappa shape index (κ1) is 15.8. The van der Waals surface area contributed by atoms with E-state index < -0.39 is 11.6 Å². The molecule has 1 fully saturated rings. The molecule has 0 aliphatic heterocycles. The number of anilines is 1. The van der Waals surface area contributed by atoms with Crippen LogP contribution in [0, 0.1) is 11.6 Å². The molecule has 3 aromatic heterocycles. The van der Waals surface area contributed by atoms with Crippen LogP contribution in [0.15, 0.2) is 42.9 Å². The molecule has 4 aromatic rings. The Morgan fingerprint density at radius 3 is 2.63 bits per heavy atom. The Kier molecular flexibility index (Phi) is 3.40. The topological polar surface area (TPSA) is 82.5 Å². The quantitative estimate of drug-likeness (QED) is 0.600. The van der Waals surface area contributed by atoms with Crippen LogP contribution in [-0.4, -0.2) is 24.7 Å². The predicted molar refractivity (Wildman–Crippen MR) is 96.2 cm³/mol. The summed E-state index contributed by atoms with van der Waals surface area (Å²) >= 11 is 0. The molecular weight excluding hydrogens is 350 g/mol. The first-order valence-electron chi connectivity index (χ1n) is 8.53. The van der Waals surface area contributed by atoms with Gasteiger partial charge in [-0.1, -0.05) is 0 Å². The maximum Gasteiger partial charge on any atom is 0.163 e. The minimum absolute atomic E-state index is 0.115. The van der Waals surface area contributed by atoms with Gasteiger partial charge in [-0.25, -0.2) is 28.4 Å². The minimum atomic E-state index is -0.719. The van der Waals surface area contributed by atoms with Crippen molar-refractivity contribution in [3.63, 3.8) is 0 Å². The molecule has 0 spiro atoms. The Balaban J connectivity index is 1.66. The number of pyridine rings is 1. The van der Waals surface area contributed by atoms with Crippen LogP contribution in [-0.2, 0) is 0 Å². The molecule has 3 heterocycles. The molecule has 1 aromatic carbocycles. The number of benzene rings is 1. The van der Waals surface area contributed by atoms with Crippen LogP contribution in [0.4, 0.5) is 14.6 Å². The third-order valence-electron chi connectivity index (χ3n) is 4.68. The van der Waals surface area contributed by atoms with E-state index in [0.29, 0.717) is 28.3 Å². The van der Waals surface area contributed by atoms with Gasteiger partial charge in [-0.05, 0) is 31.0 Å². The summed E-state index contributed by atoms with van der Waals surface area (Å²) in [6, 6.07) is 5.11. The number of hydrogen-bond acceptors (Lipinski definition) is 5. The molecule has 2 N–H and O–H groups in total. The van der Waals surface area contributed by atoms with E-state index in [0.717, 1.165) is 30.3 Å². The number of aromatic nitrogens is 5. The summed E-state index contributed by atoms with van der Waals surface area (Å²) in [5.41, 5.74) is 8.15. The summed E-state index contributed by atoms with van der Waals surface area (Å²) in [5, 5.41) is 4.91. The highest BCUT2D eigenvalue weighted by atomic mass is 19.1. The SMILES string of the molecule is Nc1nc(C2CC2)ncc1-c1ccnc2c1cnn2-c1ccc(F)cc1F. The predicted octanol–water partition coefficient (Wildman–Crippen LogP) is 3.62. The van der Waals surface area contributed by atoms with Crippen LogP contribution in [0.1, 0.15) is 24.6 Å². The maximum atomic E-state index is 14.2. The molecule has 6 nitrogen and oxygen atoms in total. The number of nitrogen functional groups attached to an aromatic ring is 1. The maximum absolute atomic E-state index is 14.2. The zero-order valence-corrected chi connectivity index (χ0v) is 14.1. The standard InChI is InChI=1S/C19H14F2N6/c20-11-3-4-16(15(21)7-11)27-19-14(9-25-27)12(5-6-23-19)13-8-24-18(10-1-2-10)26-17(13)22/h3-10H,1-2H2,(H2,22,24,26). The lowest BCUT2D eigenvalue weighted by molar-refractivity contribution is 0.574. The molecule has 5 rings (SSSR count). The van der Waals surface area contributed by atoms with Crippen LogP contribution in [0.2, 0.25) is 0 Å². The lowest BCUT2D eigenvalue weighted by Gasteiger charge is -2.08. The Morgan fingerprint density at radius 2 is 1.89 bits per heavy atom. The minimum Gasteiger partial charge on any atom is -0.383 e. The van der Waals surface area contributed by atoms with E-state index in [1.54, 1.807) is 24.7 Å². The largest absolute Gasteiger partial charge is 0.383 e. The lowest BCUT2D eigenvalue weighted by Crippen LogP contribution is -2.02. The molecule has 0 unspecified atom stereocenters. The van der Waals surface area contributed by atoms with Crippen molar-refractivity contribution in [3.05, 3.63) is 60.3 Å². The highest BCUT2D eigenvalue weighted by Gasteiger charge is 2.27. The monoisotopic (exact) mass is 364 g/mol. The second-order valence-electron chi connectivity index (χ2n) is 6.55. The van der Waals surface area contributed by atoms with Crippen molar-refractivity contribution in [2.75, 3.05) is 5.73 Å². The van der Waals surface area contributed by atoms with Gasteiger partial charge in [-0.2, -0.15) is 5.10 Å². The van der Waals surface area contributed by atoms with Crippen LogP contribution >= 0.6 is 0 Å². The Hall–Kier alpha value is -3.42. The number of nitrogens with zero attached hydrogens (tertiary/aromatic N) is 5. The van der Waals surface area contributed by atoms with Crippen molar-refractivity contribution in [2.45, 2.75) is 18.8 Å². The highest BCUT2D eigenvalue weighted by Crippen LogP contribution is 2.39. The summed E-state index contributed by atoms with van der Waals surface area (Å²) in [6.45, 7) is 0. The third-order valence-corrected chi connectivity index (χ3v) is 4.68. The van der Waals surface area contributed by atoms with Gasteiger partial charge in [0.1, 0.15) is 23.1 Å². The molecule has 0 bridgehead atoms. The molecule has 0 amide bonds. The van der Waals surface area contributed by atoms with Crippen molar-refractivity contribution in [3.8, 4) is 16.8 Å². The molecule has 134 valence electrons. The fourth-order valence-electron chi connectivity index (χ4n) is 3.15. The van der Waals surface area contributed by atoms with Crippen molar-refractivity contribution in [1.29, 1.82) is 0 Å². The number of halogens is 2. The van der Waals surface area contributed by atoms with Crippen molar-refractivity contribution < 1.29 is 8.78 Å². The van der Waals surface area contributed by atoms with E-state index in [9.17, 15) is 8.78 Å². The fraction of sp³-hybridized carbons (Fsp3) is 0.158. The Labute approximate surface area is 152 Å². The van der Waals surface area contributed by atoms with Crippen LogP contribution in [0.25, 0.3) is 27.8 Å². The molecule has 27 heavy (non-hydrogen) atoms. The molecule has 1 aliphatic rings. The lowest BCUT2D eigenvalue weighted by atomic mass is 10.1. The second-order valence-corrected chi connectivity index (χ2v) is 6.55. The summed E-state index contributed by atoms with van der Waals surface area (Å²) in [5.74, 6) is 0.194. The molecular formula is C19H14F2N6. The molecule has 8 heteroatoms. The molecule has 0 atom stereocenters. The summed E-state index contributed by atoms with van der Waals surface area (Å²) in [7, 11) is 0. The van der Waals surface area contributed by atoms with Gasteiger partial charge in [0.05, 0.1) is 6.20 Å². The normalized spacial score (nSPS) is 14.0. The van der Waals surface area contributed by atoms with Gasteiger partial charge in [-0.3, -0.25) is 0 Å². The highest BCUT2D eigenvalue weighted by molar-refractivity contribution is 5.95. The van der Waals surface area contributed by atoms with Gasteiger partial charge in [0.2, 0.25) is 0 Å². The van der Waals surface area contributed by atoms with Gasteiger partial charge in [0.25, 0.3) is 0 Å². The van der Waals surface area contributed by atoms with Crippen molar-refractivity contribution in [2.24, 2.45) is 0 Å². The first-order chi connectivity index (χ1) is 13.1. The van der Waals surface area contributed by atoms with Crippen molar-refractivity contribution in [1.82, 2.24) is 24.7 Å². The fourth-order valence-corrected chi connectivity index (χ4v) is 3.15. The van der Waals surface area contributed by atoms with Crippen LogP contribution in [0.5, 0.6) is 0 Å². The van der Waals surface area contributed by atoms with Crippen LogP contribution in [0.3, 0.4) is 0 Å². The van der Waals surface area contributed by atoms with Gasteiger partial charge in [0, 0.05) is 40.9 Å². The summed E-state index contributed by atoms with van der Waals surface area (Å²) in [6.07, 6.45) is 7.06. The number of hydrogen-bond donors (Lipinski definition) is 1. The molecule has 0 radical (unpaired) electrons. The smallest absolute Gasteiger partial charge is 0.163 e. The average molecular weight is 364 g/mol. The van der Waals surface area contributed by atoms with E-state index in [1.807, 2.05) is 0 Å². The first-order valence-corrected chi connectivity index (χ1v) is 8.53. The van der Waals surface area contributed by atoms with Crippen molar-refractivity contribution >= 4 is 16.9 Å². The van der Waals surface area contributed by atoms with Gasteiger partial charge in [0.15, 0.2) is 11.5 Å². The van der Waals surface area contributed by atoms with E-state index in [2.05, 4.69) is 20.1 Å². The van der Waals surface area contributed by atoms with Gasteiger partial charge >= 0.3 is 0 Å². The summed E-state index contributed by atoms with van der Waals surface area (Å²) < 4.78 is 28.7. The van der Waals surface area contributed by atoms with Gasteiger partial charge in [-0.15, -0.1) is 0 Å². The number of fused-ring (bicyclic) bond motifs is 1. The third kappa shape index (κ3) is 2.61. The zero-order chi connectivity index (χ0) is 18.5. The molecule has 1 aliphatic carbocycles. The zero-order valence-electron chi connectivity index (χ0n) is 14.1. The number of rotatable bonds is 3. The van der Waals surface area contributed by atoms with Gasteiger partial charge < -0.3 is 5.73 Å². The number of nitrogens with two attached hydrogens (primary N) is 1. The van der Waals surface area contributed by atoms with E-state index in [-0.39, 0.29) is 5.69 Å². The Bertz CT molecular complexity index is 1180. The molecule has 1 saturated carbocycles. The average Bonchev–Trinajstić information content (AvgIpc) is 3.42. The molecule has 0 saturated heterocycles. The van der Waals surface area contributed by atoms with E-state index >= 15 is 0 Å². The van der Waals surface area contributed by atoms with E-state index in [4.69, 9.17) is 5.73 Å².